The molecule has 8 rings (SSSR count). The van der Waals surface area contributed by atoms with Gasteiger partial charge in [-0.3, -0.25) is 57.7 Å². The second kappa shape index (κ2) is 31.4. The molecule has 4 aromatic rings. The highest BCUT2D eigenvalue weighted by molar-refractivity contribution is 5.98. The van der Waals surface area contributed by atoms with Gasteiger partial charge in [0.15, 0.2) is 0 Å². The van der Waals surface area contributed by atoms with Crippen molar-refractivity contribution in [2.45, 2.75) is 159 Å². The molecule has 12 N–H and O–H groups in total. The monoisotopic (exact) mass is 1270 g/mol. The van der Waals surface area contributed by atoms with Crippen LogP contribution in [0.25, 0.3) is 10.9 Å². The molecule has 0 radical (unpaired) electrons. The van der Waals surface area contributed by atoms with Crippen molar-refractivity contribution in [1.82, 2.24) is 62.4 Å². The number of carbonyl (C=O) groups is 10. The zero-order chi connectivity index (χ0) is 65.5. The minimum absolute atomic E-state index is 0.0203. The van der Waals surface area contributed by atoms with Gasteiger partial charge in [0.05, 0.1) is 31.5 Å². The number of amides is 10. The van der Waals surface area contributed by atoms with E-state index in [0.717, 1.165) is 37.0 Å². The van der Waals surface area contributed by atoms with E-state index in [4.69, 9.17) is 20.0 Å². The predicted octanol–water partition coefficient (Wildman–Crippen LogP) is -0.945. The number of aromatic nitrogens is 1. The molecule has 10 amide bonds. The van der Waals surface area contributed by atoms with Crippen molar-refractivity contribution in [3.05, 3.63) is 100 Å². The number of nitrogens with one attached hydrogen (secondary N) is 9. The summed E-state index contributed by atoms with van der Waals surface area (Å²) in [5, 5.41) is 32.9. The highest BCUT2D eigenvalue weighted by atomic mass is 19.1. The zero-order valence-corrected chi connectivity index (χ0v) is 52.0. The first kappa shape index (κ1) is 68.3. The molecular weight excluding hydrogens is 1180 g/mol. The zero-order valence-electron chi connectivity index (χ0n) is 52.0. The number of benzene rings is 3. The Hall–Kier alpha value is -8.57. The van der Waals surface area contributed by atoms with Crippen molar-refractivity contribution in [3.8, 4) is 5.75 Å². The van der Waals surface area contributed by atoms with Gasteiger partial charge < -0.3 is 72.3 Å². The number of likely N-dealkylation sites (N-methyl/N-ethyl adjacent to an activating group) is 1. The fraction of sp³-hybridized carbons (Fsp3) is 0.524. The lowest BCUT2D eigenvalue weighted by Crippen LogP contribution is -2.62. The Morgan fingerprint density at radius 3 is 2.33 bits per heavy atom. The summed E-state index contributed by atoms with van der Waals surface area (Å²) < 4.78 is 29.8. The van der Waals surface area contributed by atoms with Crippen LogP contribution in [-0.4, -0.2) is 186 Å². The van der Waals surface area contributed by atoms with E-state index < -0.39 is 126 Å². The van der Waals surface area contributed by atoms with Crippen LogP contribution < -0.4 is 58.5 Å². The number of ether oxygens (including phenoxy) is 2. The smallest absolute Gasteiger partial charge is 0.268 e. The number of aliphatic hydroxyl groups is 1. The van der Waals surface area contributed by atoms with Crippen LogP contribution >= 0.6 is 0 Å². The average molecular weight is 1270 g/mol. The lowest BCUT2D eigenvalue weighted by atomic mass is 9.98. The van der Waals surface area contributed by atoms with E-state index in [2.05, 4.69) is 48.0 Å². The largest absolute Gasteiger partial charge is 0.494 e. The van der Waals surface area contributed by atoms with Crippen molar-refractivity contribution < 1.29 is 71.8 Å². The van der Waals surface area contributed by atoms with E-state index >= 15 is 14.0 Å². The number of aryl methyl sites for hydroxylation is 1. The van der Waals surface area contributed by atoms with E-state index in [0.29, 0.717) is 71.3 Å². The Morgan fingerprint density at radius 1 is 0.835 bits per heavy atom. The number of hydroxylamine groups is 1. The summed E-state index contributed by atoms with van der Waals surface area (Å²) in [4.78, 5) is 148. The summed E-state index contributed by atoms with van der Waals surface area (Å²) in [5.74, 6) is -7.26. The lowest BCUT2D eigenvalue weighted by molar-refractivity contribution is -0.147. The summed E-state index contributed by atoms with van der Waals surface area (Å²) >= 11 is 0. The second-order valence-electron chi connectivity index (χ2n) is 23.9. The molecule has 0 saturated carbocycles. The molecule has 9 atom stereocenters. The number of nitrogens with zero attached hydrogens (tertiary/aromatic N) is 3. The molecule has 10 bridgehead atoms. The first-order valence-electron chi connectivity index (χ1n) is 30.8. The minimum Gasteiger partial charge on any atom is -0.494 e. The molecule has 3 aromatic carbocycles. The van der Waals surface area contributed by atoms with E-state index in [-0.39, 0.29) is 64.3 Å². The average Bonchev–Trinajstić information content (AvgIpc) is 1.69. The van der Waals surface area contributed by atoms with Crippen molar-refractivity contribution in [3.63, 3.8) is 0 Å². The number of hydrogen-bond donors (Lipinski definition) is 11. The molecule has 0 unspecified atom stereocenters. The molecule has 0 aliphatic carbocycles. The summed E-state index contributed by atoms with van der Waals surface area (Å²) in [5.41, 5.74) is 11.1. The van der Waals surface area contributed by atoms with Gasteiger partial charge in [-0.25, -0.2) is 9.87 Å². The molecule has 4 aliphatic heterocycles. The van der Waals surface area contributed by atoms with Gasteiger partial charge in [0.2, 0.25) is 53.2 Å². The molecule has 5 heterocycles. The Bertz CT molecular complexity index is 3340. The maximum atomic E-state index is 15.6. The van der Waals surface area contributed by atoms with Crippen molar-refractivity contribution in [1.29, 1.82) is 0 Å². The van der Waals surface area contributed by atoms with Gasteiger partial charge in [0.25, 0.3) is 5.91 Å². The molecular formula is C63H84FN13O14. The number of fused-ring (bicyclic) bond motifs is 14. The first-order valence-corrected chi connectivity index (χ1v) is 30.8. The number of carbonyl (C=O) groups excluding carboxylic acids is 10. The topological polar surface area (TPSA) is 364 Å². The summed E-state index contributed by atoms with van der Waals surface area (Å²) in [6.45, 7) is 5.14. The molecule has 28 heteroatoms. The van der Waals surface area contributed by atoms with Crippen LogP contribution in [0, 0.1) is 5.82 Å². The van der Waals surface area contributed by atoms with Crippen LogP contribution in [0.4, 0.5) is 4.39 Å². The second-order valence-corrected chi connectivity index (χ2v) is 23.9. The predicted molar refractivity (Wildman–Crippen MR) is 328 cm³/mol. The first-order chi connectivity index (χ1) is 43.5. The van der Waals surface area contributed by atoms with Crippen LogP contribution in [0.1, 0.15) is 93.5 Å². The number of aliphatic hydroxyl groups excluding tert-OH is 1. The van der Waals surface area contributed by atoms with E-state index in [1.165, 1.54) is 26.0 Å². The molecule has 2 fully saturated rings. The molecule has 27 nitrogen and oxygen atoms in total. The number of rotatable bonds is 10. The van der Waals surface area contributed by atoms with E-state index in [1.54, 1.807) is 42.6 Å². The molecule has 4 aliphatic rings. The molecule has 1 aromatic heterocycles. The van der Waals surface area contributed by atoms with Crippen LogP contribution in [0.2, 0.25) is 0 Å². The standard InChI is InChI=1S/C63H84FN13O14/c1-36-56(82)72-48(31-65)58(84)70-46-28-38-10-8-11-40(24-38)32-68-53(81)35-91-50-17-22-77(55(50)60(86)73-54(37(2)78)59(85)74-89-5)61(87)47(71-57(46)83)29-42-34-76(49-13-12-43(64)30-45(42)49)21-6-7-23-90-44-26-39(16-19-66-62(88)63(3)18-9-20-75(63)4)25-41(27-44)33-67-51(79)14-15-52(80)69-36/h8,10-13,24-27,30,34,36-37,46-48,50,54-55,78H,6-7,9,14-23,28-29,31-33,35,65H2,1-5H3,(H,66,88)(H,67,79)(H,68,81)(H,69,80)(H,70,84)(H,71,83)(H,72,82)(H,73,86)(H,74,85)/t36-,37+,46-,47-,48+,50-,54-,55-,63-/m0/s1. The maximum Gasteiger partial charge on any atom is 0.268 e. The van der Waals surface area contributed by atoms with E-state index in [9.17, 15) is 43.5 Å². The Labute approximate surface area is 526 Å². The van der Waals surface area contributed by atoms with Gasteiger partial charge >= 0.3 is 0 Å². The van der Waals surface area contributed by atoms with Crippen LogP contribution in [0.15, 0.2) is 66.9 Å². The number of nitrogens with two attached hydrogens (primary N) is 1. The van der Waals surface area contributed by atoms with Gasteiger partial charge in [-0.2, -0.15) is 0 Å². The van der Waals surface area contributed by atoms with Crippen LogP contribution in [0.5, 0.6) is 5.75 Å². The third kappa shape index (κ3) is 17.9. The van der Waals surface area contributed by atoms with Gasteiger partial charge in [-0.05, 0) is 131 Å². The third-order valence-corrected chi connectivity index (χ3v) is 17.1. The van der Waals surface area contributed by atoms with Crippen LogP contribution in [0.3, 0.4) is 0 Å². The molecule has 0 spiro atoms. The fourth-order valence-corrected chi connectivity index (χ4v) is 11.9. The van der Waals surface area contributed by atoms with Gasteiger partial charge in [0.1, 0.15) is 54.4 Å². The highest BCUT2D eigenvalue weighted by Crippen LogP contribution is 2.30. The number of halogens is 1. The minimum atomic E-state index is -1.61. The highest BCUT2D eigenvalue weighted by Gasteiger charge is 2.47. The van der Waals surface area contributed by atoms with Gasteiger partial charge in [-0.15, -0.1) is 0 Å². The van der Waals surface area contributed by atoms with Gasteiger partial charge in [-0.1, -0.05) is 30.3 Å². The normalized spacial score (nSPS) is 24.7. The summed E-state index contributed by atoms with van der Waals surface area (Å²) in [6.07, 6.45) is 1.10. The molecule has 91 heavy (non-hydrogen) atoms. The SMILES string of the molecule is CONC(=O)[C@@H](NC(=O)[C@@H]1[C@@H]2CCN1C(=O)[C@@H]1Cc3cn(c4ccc(F)cc34)CCCCOc3cc(CCNC(=O)[C@]4(C)CCCN4C)cc(c3)CNC(=O)CCC(=O)N[C@@H](C)C(=O)N[C@H](CN)C(=O)N[C@@H](Cc3cccc(c3)CNC(=O)CO2)C(=O)N1)[C@@H](C)O. The Kier molecular flexibility index (Phi) is 23.6. The van der Waals surface area contributed by atoms with Crippen molar-refractivity contribution in [2.24, 2.45) is 5.73 Å². The lowest BCUT2D eigenvalue weighted by Gasteiger charge is -2.32. The fourth-order valence-electron chi connectivity index (χ4n) is 11.9. The summed E-state index contributed by atoms with van der Waals surface area (Å²) in [6, 6.07) is 7.45. The van der Waals surface area contributed by atoms with Crippen LogP contribution in [-0.2, 0) is 96.4 Å². The molecule has 2 saturated heterocycles. The van der Waals surface area contributed by atoms with E-state index in [1.807, 2.05) is 35.6 Å². The summed E-state index contributed by atoms with van der Waals surface area (Å²) in [7, 11) is 3.09. The van der Waals surface area contributed by atoms with Crippen molar-refractivity contribution in [2.75, 3.05) is 53.6 Å². The molecule has 492 valence electrons. The Morgan fingerprint density at radius 2 is 1.58 bits per heavy atom. The van der Waals surface area contributed by atoms with Gasteiger partial charge in [0, 0.05) is 82.1 Å². The quantitative estimate of drug-likeness (QED) is 0.0854. The number of likely N-dealkylation sites (tertiary alicyclic amines) is 1. The number of hydrogen-bond acceptors (Lipinski definition) is 16. The maximum absolute atomic E-state index is 15.6. The third-order valence-electron chi connectivity index (χ3n) is 17.1. The van der Waals surface area contributed by atoms with Crippen molar-refractivity contribution >= 4 is 70.0 Å². The Balaban J connectivity index is 1.14.